The number of aliphatic hydroxyl groups excluding tert-OH is 1. The fraction of sp³-hybridized carbons (Fsp3) is 0.455. The minimum atomic E-state index is -4.80. The van der Waals surface area contributed by atoms with Crippen LogP contribution in [0.4, 0.5) is 17.6 Å². The number of ether oxygens (including phenoxy) is 1. The van der Waals surface area contributed by atoms with Gasteiger partial charge in [-0.1, -0.05) is 0 Å². The maximum Gasteiger partial charge on any atom is 0.417 e. The van der Waals surface area contributed by atoms with Gasteiger partial charge < -0.3 is 15.2 Å². The van der Waals surface area contributed by atoms with Crippen molar-refractivity contribution in [1.29, 1.82) is 0 Å². The van der Waals surface area contributed by atoms with Gasteiger partial charge in [-0.25, -0.2) is 13.9 Å². The fourth-order valence-corrected chi connectivity index (χ4v) is 4.36. The highest BCUT2D eigenvalue weighted by Crippen LogP contribution is 2.40. The van der Waals surface area contributed by atoms with Crippen LogP contribution in [0.2, 0.25) is 0 Å². The summed E-state index contributed by atoms with van der Waals surface area (Å²) in [6.07, 6.45) is -0.260. The van der Waals surface area contributed by atoms with E-state index >= 15 is 0 Å². The van der Waals surface area contributed by atoms with Crippen LogP contribution in [0.25, 0.3) is 5.65 Å². The Labute approximate surface area is 191 Å². The molecule has 3 aromatic rings. The number of carbonyl (C=O) groups is 1. The molecule has 4 heterocycles. The van der Waals surface area contributed by atoms with E-state index in [1.54, 1.807) is 19.3 Å². The average Bonchev–Trinajstić information content (AvgIpc) is 3.56. The molecule has 0 aromatic carbocycles. The van der Waals surface area contributed by atoms with E-state index in [9.17, 15) is 27.5 Å². The molecule has 3 aromatic heterocycles. The standard InChI is InChI=1S/C22H21F4N5O3/c1-11-17(19-28-7-13(12-2-3-12)9-31(19)30-11)20(33)29-21(4-5-34-10-16(21)32)18-15(23)6-14(8-27-18)22(24,25)26/h6-9,12,16,32H,2-5,10H2,1H3,(H,29,33)/t16-,21+/m1/s1. The zero-order chi connectivity index (χ0) is 24.3. The van der Waals surface area contributed by atoms with E-state index in [1.807, 2.05) is 0 Å². The molecular formula is C22H21F4N5O3. The molecule has 34 heavy (non-hydrogen) atoms. The molecule has 0 radical (unpaired) electrons. The quantitative estimate of drug-likeness (QED) is 0.558. The summed E-state index contributed by atoms with van der Waals surface area (Å²) in [7, 11) is 0. The number of nitrogens with zero attached hydrogens (tertiary/aromatic N) is 4. The number of aromatic nitrogens is 4. The maximum absolute atomic E-state index is 14.9. The summed E-state index contributed by atoms with van der Waals surface area (Å²) < 4.78 is 60.7. The molecule has 1 amide bonds. The Morgan fingerprint density at radius 1 is 1.29 bits per heavy atom. The van der Waals surface area contributed by atoms with Crippen molar-refractivity contribution in [3.05, 3.63) is 58.6 Å². The van der Waals surface area contributed by atoms with Gasteiger partial charge in [0.2, 0.25) is 0 Å². The van der Waals surface area contributed by atoms with Gasteiger partial charge in [0.05, 0.1) is 17.9 Å². The van der Waals surface area contributed by atoms with Crippen LogP contribution in [0.5, 0.6) is 0 Å². The summed E-state index contributed by atoms with van der Waals surface area (Å²) in [5.74, 6) is -1.57. The summed E-state index contributed by atoms with van der Waals surface area (Å²) in [6, 6.07) is 0.306. The lowest BCUT2D eigenvalue weighted by atomic mass is 9.82. The second kappa shape index (κ2) is 7.98. The van der Waals surface area contributed by atoms with Crippen LogP contribution in [0.15, 0.2) is 24.7 Å². The van der Waals surface area contributed by atoms with Crippen molar-refractivity contribution in [3.8, 4) is 0 Å². The van der Waals surface area contributed by atoms with E-state index < -0.39 is 40.8 Å². The van der Waals surface area contributed by atoms with Crippen molar-refractivity contribution < 1.29 is 32.2 Å². The Balaban J connectivity index is 1.54. The number of hydrogen-bond donors (Lipinski definition) is 2. The molecule has 2 aliphatic rings. The number of nitrogens with one attached hydrogen (secondary N) is 1. The van der Waals surface area contributed by atoms with E-state index in [4.69, 9.17) is 4.74 Å². The SMILES string of the molecule is Cc1nn2cc(C3CC3)cnc2c1C(=O)N[C@@]1(c2ncc(C(F)(F)F)cc2F)CCOC[C@H]1O. The van der Waals surface area contributed by atoms with Gasteiger partial charge in [-0.2, -0.15) is 18.3 Å². The van der Waals surface area contributed by atoms with Crippen LogP contribution in [0.1, 0.15) is 58.1 Å². The number of aliphatic hydroxyl groups is 1. The first kappa shape index (κ1) is 22.7. The Hall–Kier alpha value is -3.12. The third kappa shape index (κ3) is 3.80. The zero-order valence-corrected chi connectivity index (χ0v) is 18.1. The lowest BCUT2D eigenvalue weighted by Gasteiger charge is -2.41. The van der Waals surface area contributed by atoms with Crippen molar-refractivity contribution in [2.75, 3.05) is 13.2 Å². The minimum absolute atomic E-state index is 0.0240. The third-order valence-corrected chi connectivity index (χ3v) is 6.36. The molecule has 5 rings (SSSR count). The molecule has 1 saturated carbocycles. The van der Waals surface area contributed by atoms with Gasteiger partial charge in [0, 0.05) is 31.6 Å². The van der Waals surface area contributed by atoms with Crippen molar-refractivity contribution in [1.82, 2.24) is 24.9 Å². The molecule has 2 fully saturated rings. The van der Waals surface area contributed by atoms with Gasteiger partial charge in [-0.3, -0.25) is 9.78 Å². The first-order chi connectivity index (χ1) is 16.1. The number of carbonyl (C=O) groups excluding carboxylic acids is 1. The number of pyridine rings is 1. The highest BCUT2D eigenvalue weighted by molar-refractivity contribution is 6.01. The summed E-state index contributed by atoms with van der Waals surface area (Å²) in [4.78, 5) is 21.5. The van der Waals surface area contributed by atoms with Gasteiger partial charge in [-0.05, 0) is 37.3 Å². The molecule has 1 aliphatic heterocycles. The van der Waals surface area contributed by atoms with E-state index in [2.05, 4.69) is 20.4 Å². The second-order valence-electron chi connectivity index (χ2n) is 8.71. The minimum Gasteiger partial charge on any atom is -0.388 e. The van der Waals surface area contributed by atoms with Gasteiger partial charge in [-0.15, -0.1) is 0 Å². The van der Waals surface area contributed by atoms with E-state index in [1.165, 1.54) is 4.52 Å². The summed E-state index contributed by atoms with van der Waals surface area (Å²) in [5.41, 5.74) is -1.82. The molecule has 0 unspecified atom stereocenters. The Kier molecular flexibility index (Phi) is 5.32. The molecule has 8 nitrogen and oxygen atoms in total. The predicted octanol–water partition coefficient (Wildman–Crippen LogP) is 2.87. The molecule has 2 atom stereocenters. The van der Waals surface area contributed by atoms with Crippen molar-refractivity contribution in [2.24, 2.45) is 0 Å². The smallest absolute Gasteiger partial charge is 0.388 e. The van der Waals surface area contributed by atoms with Gasteiger partial charge in [0.15, 0.2) is 5.65 Å². The van der Waals surface area contributed by atoms with Crippen LogP contribution in [0, 0.1) is 12.7 Å². The van der Waals surface area contributed by atoms with E-state index in [-0.39, 0.29) is 30.8 Å². The number of halogens is 4. The lowest BCUT2D eigenvalue weighted by Crippen LogP contribution is -2.59. The first-order valence-corrected chi connectivity index (χ1v) is 10.8. The molecule has 2 N–H and O–H groups in total. The zero-order valence-electron chi connectivity index (χ0n) is 18.1. The number of hydrogen-bond acceptors (Lipinski definition) is 6. The summed E-state index contributed by atoms with van der Waals surface area (Å²) in [5, 5.41) is 17.8. The lowest BCUT2D eigenvalue weighted by molar-refractivity contribution is -0.138. The average molecular weight is 479 g/mol. The highest BCUT2D eigenvalue weighted by Gasteiger charge is 2.48. The normalized spacial score (nSPS) is 23.3. The van der Waals surface area contributed by atoms with Gasteiger partial charge >= 0.3 is 6.18 Å². The largest absolute Gasteiger partial charge is 0.417 e. The summed E-state index contributed by atoms with van der Waals surface area (Å²) >= 11 is 0. The summed E-state index contributed by atoms with van der Waals surface area (Å²) in [6.45, 7) is 1.37. The van der Waals surface area contributed by atoms with Crippen molar-refractivity contribution in [2.45, 2.75) is 49.9 Å². The van der Waals surface area contributed by atoms with Crippen LogP contribution in [-0.2, 0) is 16.5 Å². The van der Waals surface area contributed by atoms with E-state index in [0.717, 1.165) is 18.4 Å². The Bertz CT molecular complexity index is 1270. The van der Waals surface area contributed by atoms with Gasteiger partial charge in [0.25, 0.3) is 5.91 Å². The van der Waals surface area contributed by atoms with Gasteiger partial charge in [0.1, 0.15) is 28.7 Å². The van der Waals surface area contributed by atoms with Crippen molar-refractivity contribution in [3.63, 3.8) is 0 Å². The molecular weight excluding hydrogens is 458 g/mol. The molecule has 0 spiro atoms. The van der Waals surface area contributed by atoms with E-state index in [0.29, 0.717) is 23.9 Å². The van der Waals surface area contributed by atoms with Crippen LogP contribution in [0.3, 0.4) is 0 Å². The van der Waals surface area contributed by atoms with Crippen molar-refractivity contribution >= 4 is 11.6 Å². The maximum atomic E-state index is 14.9. The molecule has 180 valence electrons. The number of fused-ring (bicyclic) bond motifs is 1. The highest BCUT2D eigenvalue weighted by atomic mass is 19.4. The van der Waals surface area contributed by atoms with Crippen LogP contribution < -0.4 is 5.32 Å². The third-order valence-electron chi connectivity index (χ3n) is 6.36. The Morgan fingerprint density at radius 3 is 2.71 bits per heavy atom. The molecule has 0 bridgehead atoms. The number of rotatable bonds is 4. The number of aryl methyl sites for hydroxylation is 1. The predicted molar refractivity (Wildman–Crippen MR) is 109 cm³/mol. The number of alkyl halides is 3. The van der Waals surface area contributed by atoms with Crippen LogP contribution >= 0.6 is 0 Å². The topological polar surface area (TPSA) is 102 Å². The molecule has 1 saturated heterocycles. The second-order valence-corrected chi connectivity index (χ2v) is 8.71. The van der Waals surface area contributed by atoms with Crippen LogP contribution in [-0.4, -0.2) is 49.9 Å². The first-order valence-electron chi connectivity index (χ1n) is 10.8. The molecule has 1 aliphatic carbocycles. The Morgan fingerprint density at radius 2 is 2.06 bits per heavy atom. The number of amides is 1. The molecule has 12 heteroatoms. The fourth-order valence-electron chi connectivity index (χ4n) is 4.36. The monoisotopic (exact) mass is 479 g/mol.